The van der Waals surface area contributed by atoms with Crippen molar-refractivity contribution in [3.8, 4) is 0 Å². The van der Waals surface area contributed by atoms with Crippen LogP contribution in [-0.2, 0) is 4.79 Å². The average Bonchev–Trinajstić information content (AvgIpc) is 2.99. The van der Waals surface area contributed by atoms with Crippen molar-refractivity contribution in [2.24, 2.45) is 10.7 Å². The van der Waals surface area contributed by atoms with Gasteiger partial charge < -0.3 is 15.5 Å². The van der Waals surface area contributed by atoms with Crippen molar-refractivity contribution >= 4 is 23.6 Å². The van der Waals surface area contributed by atoms with Crippen LogP contribution in [0.25, 0.3) is 0 Å². The molecular weight excluding hydrogens is 298 g/mol. The van der Waals surface area contributed by atoms with Crippen molar-refractivity contribution in [2.45, 2.75) is 25.3 Å². The molecule has 1 amide bonds. The molecule has 0 spiro atoms. The SMILES string of the molecule is CN(C)C(=O)C1CCCN1CCCN=C(N)N1CCSCC1. The molecule has 2 N–H and O–H groups in total. The zero-order valence-electron chi connectivity index (χ0n) is 13.8. The Morgan fingerprint density at radius 3 is 2.73 bits per heavy atom. The summed E-state index contributed by atoms with van der Waals surface area (Å²) in [6, 6.07) is 0.0652. The van der Waals surface area contributed by atoms with Gasteiger partial charge in [0.05, 0.1) is 6.04 Å². The number of likely N-dealkylation sites (N-methyl/N-ethyl adjacent to an activating group) is 1. The number of guanidine groups is 1. The first-order valence-electron chi connectivity index (χ1n) is 8.17. The van der Waals surface area contributed by atoms with Crippen LogP contribution in [-0.4, -0.2) is 90.9 Å². The van der Waals surface area contributed by atoms with Crippen LogP contribution >= 0.6 is 11.8 Å². The second-order valence-electron chi connectivity index (χ2n) is 6.12. The zero-order valence-corrected chi connectivity index (χ0v) is 14.6. The molecule has 2 rings (SSSR count). The van der Waals surface area contributed by atoms with Crippen LogP contribution in [0, 0.1) is 0 Å². The van der Waals surface area contributed by atoms with Crippen molar-refractivity contribution in [3.63, 3.8) is 0 Å². The fourth-order valence-corrected chi connectivity index (χ4v) is 3.93. The molecule has 2 fully saturated rings. The highest BCUT2D eigenvalue weighted by atomic mass is 32.2. The van der Waals surface area contributed by atoms with E-state index in [0.717, 1.165) is 63.5 Å². The molecule has 2 aliphatic heterocycles. The Labute approximate surface area is 138 Å². The molecule has 126 valence electrons. The molecule has 0 aromatic rings. The molecule has 1 unspecified atom stereocenters. The summed E-state index contributed by atoms with van der Waals surface area (Å²) >= 11 is 1.97. The van der Waals surface area contributed by atoms with E-state index in [1.54, 1.807) is 4.90 Å². The Balaban J connectivity index is 1.72. The highest BCUT2D eigenvalue weighted by Crippen LogP contribution is 2.18. The van der Waals surface area contributed by atoms with E-state index >= 15 is 0 Å². The third-order valence-corrected chi connectivity index (χ3v) is 5.24. The maximum absolute atomic E-state index is 12.1. The van der Waals surface area contributed by atoms with E-state index in [2.05, 4.69) is 14.8 Å². The third kappa shape index (κ3) is 4.78. The Morgan fingerprint density at radius 1 is 1.32 bits per heavy atom. The molecular formula is C15H29N5OS. The second kappa shape index (κ2) is 8.62. The quantitative estimate of drug-likeness (QED) is 0.447. The monoisotopic (exact) mass is 327 g/mol. The Bertz CT molecular complexity index is 395. The van der Waals surface area contributed by atoms with Gasteiger partial charge in [-0.15, -0.1) is 0 Å². The van der Waals surface area contributed by atoms with Gasteiger partial charge >= 0.3 is 0 Å². The van der Waals surface area contributed by atoms with Gasteiger partial charge in [-0.2, -0.15) is 11.8 Å². The van der Waals surface area contributed by atoms with E-state index in [4.69, 9.17) is 5.73 Å². The van der Waals surface area contributed by atoms with Gasteiger partial charge in [-0.1, -0.05) is 0 Å². The van der Waals surface area contributed by atoms with Crippen molar-refractivity contribution in [1.29, 1.82) is 0 Å². The van der Waals surface area contributed by atoms with E-state index in [0.29, 0.717) is 5.96 Å². The van der Waals surface area contributed by atoms with Crippen LogP contribution in [0.4, 0.5) is 0 Å². The first-order chi connectivity index (χ1) is 10.6. The number of thioether (sulfide) groups is 1. The van der Waals surface area contributed by atoms with Gasteiger partial charge in [-0.05, 0) is 25.8 Å². The average molecular weight is 327 g/mol. The van der Waals surface area contributed by atoms with Crippen LogP contribution in [0.1, 0.15) is 19.3 Å². The Hall–Kier alpha value is -0.950. The van der Waals surface area contributed by atoms with E-state index < -0.39 is 0 Å². The first kappa shape index (κ1) is 17.4. The molecule has 22 heavy (non-hydrogen) atoms. The lowest BCUT2D eigenvalue weighted by atomic mass is 10.2. The summed E-state index contributed by atoms with van der Waals surface area (Å²) in [6.45, 7) is 4.70. The normalized spacial score (nSPS) is 23.8. The number of hydrogen-bond donors (Lipinski definition) is 1. The van der Waals surface area contributed by atoms with E-state index in [9.17, 15) is 4.79 Å². The highest BCUT2D eigenvalue weighted by molar-refractivity contribution is 7.99. The van der Waals surface area contributed by atoms with Gasteiger partial charge in [0, 0.05) is 51.8 Å². The van der Waals surface area contributed by atoms with Gasteiger partial charge in [-0.3, -0.25) is 14.7 Å². The summed E-state index contributed by atoms with van der Waals surface area (Å²) in [5.41, 5.74) is 6.05. The number of carbonyl (C=O) groups is 1. The molecule has 0 radical (unpaired) electrons. The summed E-state index contributed by atoms with van der Waals surface area (Å²) < 4.78 is 0. The number of likely N-dealkylation sites (tertiary alicyclic amines) is 1. The van der Waals surface area contributed by atoms with Gasteiger partial charge in [0.2, 0.25) is 5.91 Å². The van der Waals surface area contributed by atoms with Gasteiger partial charge in [0.1, 0.15) is 0 Å². The van der Waals surface area contributed by atoms with E-state index in [1.807, 2.05) is 25.9 Å². The smallest absolute Gasteiger partial charge is 0.239 e. The molecule has 0 bridgehead atoms. The number of nitrogens with two attached hydrogens (primary N) is 1. The first-order valence-corrected chi connectivity index (χ1v) is 9.33. The predicted molar refractivity (Wildman–Crippen MR) is 93.3 cm³/mol. The van der Waals surface area contributed by atoms with Crippen LogP contribution in [0.15, 0.2) is 4.99 Å². The van der Waals surface area contributed by atoms with Crippen LogP contribution in [0.3, 0.4) is 0 Å². The van der Waals surface area contributed by atoms with Crippen LogP contribution < -0.4 is 5.73 Å². The molecule has 6 nitrogen and oxygen atoms in total. The van der Waals surface area contributed by atoms with Crippen molar-refractivity contribution in [2.75, 3.05) is 58.3 Å². The zero-order chi connectivity index (χ0) is 15.9. The second-order valence-corrected chi connectivity index (χ2v) is 7.34. The standard InChI is InChI=1S/C15H29N5OS/c1-18(2)14(21)13-5-3-7-19(13)8-4-6-17-15(16)20-9-11-22-12-10-20/h13H,3-12H2,1-2H3,(H2,16,17). The van der Waals surface area contributed by atoms with Crippen LogP contribution in [0.2, 0.25) is 0 Å². The number of carbonyl (C=O) groups excluding carboxylic acids is 1. The molecule has 2 saturated heterocycles. The van der Waals surface area contributed by atoms with Gasteiger partial charge in [0.25, 0.3) is 0 Å². The maximum Gasteiger partial charge on any atom is 0.239 e. The Kier molecular flexibility index (Phi) is 6.82. The number of nitrogens with zero attached hydrogens (tertiary/aromatic N) is 4. The number of rotatable bonds is 5. The van der Waals surface area contributed by atoms with Gasteiger partial charge in [0.15, 0.2) is 5.96 Å². The molecule has 2 aliphatic rings. The summed E-state index contributed by atoms with van der Waals surface area (Å²) in [5.74, 6) is 3.19. The molecule has 0 saturated carbocycles. The maximum atomic E-state index is 12.1. The summed E-state index contributed by atoms with van der Waals surface area (Å²) in [6.07, 6.45) is 3.05. The number of hydrogen-bond acceptors (Lipinski definition) is 4. The highest BCUT2D eigenvalue weighted by Gasteiger charge is 2.30. The van der Waals surface area contributed by atoms with Gasteiger partial charge in [-0.25, -0.2) is 0 Å². The minimum Gasteiger partial charge on any atom is -0.370 e. The van der Waals surface area contributed by atoms with Crippen LogP contribution in [0.5, 0.6) is 0 Å². The molecule has 1 atom stereocenters. The fourth-order valence-electron chi connectivity index (χ4n) is 3.03. The number of aliphatic imine (C=N–C) groups is 1. The molecule has 7 heteroatoms. The fraction of sp³-hybridized carbons (Fsp3) is 0.867. The van der Waals surface area contributed by atoms with Crippen molar-refractivity contribution < 1.29 is 4.79 Å². The minimum atomic E-state index is 0.0652. The lowest BCUT2D eigenvalue weighted by molar-refractivity contribution is -0.133. The Morgan fingerprint density at radius 2 is 2.05 bits per heavy atom. The number of amides is 1. The van der Waals surface area contributed by atoms with Crippen molar-refractivity contribution in [3.05, 3.63) is 0 Å². The molecule has 0 aliphatic carbocycles. The van der Waals surface area contributed by atoms with Crippen molar-refractivity contribution in [1.82, 2.24) is 14.7 Å². The molecule has 0 aromatic heterocycles. The minimum absolute atomic E-state index is 0.0652. The lowest BCUT2D eigenvalue weighted by Gasteiger charge is -2.27. The third-order valence-electron chi connectivity index (χ3n) is 4.30. The summed E-state index contributed by atoms with van der Waals surface area (Å²) in [4.78, 5) is 22.8. The summed E-state index contributed by atoms with van der Waals surface area (Å²) in [7, 11) is 3.67. The molecule has 0 aromatic carbocycles. The van der Waals surface area contributed by atoms with E-state index in [-0.39, 0.29) is 11.9 Å². The summed E-state index contributed by atoms with van der Waals surface area (Å²) in [5, 5.41) is 0. The molecule has 2 heterocycles. The van der Waals surface area contributed by atoms with E-state index in [1.165, 1.54) is 0 Å². The predicted octanol–water partition coefficient (Wildman–Crippen LogP) is 0.293. The lowest BCUT2D eigenvalue weighted by Crippen LogP contribution is -2.43. The topological polar surface area (TPSA) is 65.2 Å². The largest absolute Gasteiger partial charge is 0.370 e.